The highest BCUT2D eigenvalue weighted by Crippen LogP contribution is 2.32. The molecule has 190 valence electrons. The van der Waals surface area contributed by atoms with Crippen molar-refractivity contribution in [2.45, 2.75) is 31.3 Å². The van der Waals surface area contributed by atoms with Crippen molar-refractivity contribution in [2.75, 3.05) is 12.0 Å². The molecule has 0 radical (unpaired) electrons. The summed E-state index contributed by atoms with van der Waals surface area (Å²) in [5.41, 5.74) is 8.04. The van der Waals surface area contributed by atoms with Gasteiger partial charge in [-0.2, -0.15) is 0 Å². The number of rotatable bonds is 5. The number of urea groups is 1. The zero-order valence-electron chi connectivity index (χ0n) is 19.4. The number of fused-ring (bicyclic) bond motifs is 2. The van der Waals surface area contributed by atoms with E-state index in [2.05, 4.69) is 31.5 Å². The van der Waals surface area contributed by atoms with E-state index in [9.17, 15) is 18.8 Å². The molecule has 0 spiro atoms. The fourth-order valence-electron chi connectivity index (χ4n) is 4.42. The van der Waals surface area contributed by atoms with E-state index in [1.54, 1.807) is 24.4 Å². The zero-order valence-corrected chi connectivity index (χ0v) is 20.2. The first kappa shape index (κ1) is 24.4. The summed E-state index contributed by atoms with van der Waals surface area (Å²) in [6, 6.07) is 7.98. The Balaban J connectivity index is 1.27. The molecule has 1 aliphatic carbocycles. The van der Waals surface area contributed by atoms with Crippen LogP contribution in [0.4, 0.5) is 15.0 Å². The van der Waals surface area contributed by atoms with Crippen LogP contribution in [0.15, 0.2) is 48.8 Å². The Labute approximate surface area is 215 Å². The average Bonchev–Trinajstić information content (AvgIpc) is 3.22. The Morgan fingerprint density at radius 2 is 1.95 bits per heavy atom. The van der Waals surface area contributed by atoms with Crippen LogP contribution in [0.5, 0.6) is 0 Å². The lowest BCUT2D eigenvalue weighted by Gasteiger charge is -2.22. The van der Waals surface area contributed by atoms with Crippen LogP contribution in [0.1, 0.15) is 45.2 Å². The number of cyclic esters (lactones) is 1. The number of carbonyl (C=O) groups excluding carboxylic acids is 3. The predicted molar refractivity (Wildman–Crippen MR) is 133 cm³/mol. The number of halogens is 2. The Hall–Kier alpha value is -4.25. The molecule has 1 fully saturated rings. The van der Waals surface area contributed by atoms with Gasteiger partial charge in [0.1, 0.15) is 5.82 Å². The van der Waals surface area contributed by atoms with Crippen LogP contribution in [-0.4, -0.2) is 45.3 Å². The minimum absolute atomic E-state index is 0.0836. The van der Waals surface area contributed by atoms with E-state index >= 15 is 0 Å². The number of hydrogen-bond acceptors (Lipinski definition) is 6. The first-order valence-electron chi connectivity index (χ1n) is 11.6. The molecule has 37 heavy (non-hydrogen) atoms. The second-order valence-corrected chi connectivity index (χ2v) is 8.97. The first-order chi connectivity index (χ1) is 17.9. The van der Waals surface area contributed by atoms with Gasteiger partial charge in [0, 0.05) is 30.1 Å². The number of hydrogen-bond donors (Lipinski definition) is 4. The molecule has 2 aliphatic rings. The van der Waals surface area contributed by atoms with Crippen LogP contribution in [0, 0.1) is 5.82 Å². The maximum Gasteiger partial charge on any atom is 0.506 e. The van der Waals surface area contributed by atoms with Gasteiger partial charge in [0.05, 0.1) is 16.6 Å². The largest absolute Gasteiger partial charge is 0.506 e. The van der Waals surface area contributed by atoms with E-state index in [4.69, 9.17) is 16.3 Å². The Morgan fingerprint density at radius 3 is 2.73 bits per heavy atom. The normalized spacial score (nSPS) is 18.1. The number of pyridine rings is 2. The summed E-state index contributed by atoms with van der Waals surface area (Å²) >= 11 is 6.26. The second kappa shape index (κ2) is 10.4. The number of nitrogens with one attached hydrogen (secondary N) is 4. The fraction of sp³-hybridized carbons (Fsp3) is 0.240. The van der Waals surface area contributed by atoms with Gasteiger partial charge in [-0.25, -0.2) is 14.2 Å². The average molecular weight is 526 g/mol. The zero-order chi connectivity index (χ0) is 25.9. The molecule has 2 atom stereocenters. The van der Waals surface area contributed by atoms with Crippen LogP contribution in [-0.2, 0) is 17.6 Å². The fourth-order valence-corrected chi connectivity index (χ4v) is 4.63. The van der Waals surface area contributed by atoms with E-state index in [1.165, 1.54) is 18.3 Å². The van der Waals surface area contributed by atoms with Gasteiger partial charge in [-0.05, 0) is 42.2 Å². The van der Waals surface area contributed by atoms with Crippen molar-refractivity contribution in [3.05, 3.63) is 87.6 Å². The van der Waals surface area contributed by atoms with Gasteiger partial charge in [-0.3, -0.25) is 20.6 Å². The number of carbonyl (C=O) groups is 2. The Morgan fingerprint density at radius 1 is 1.11 bits per heavy atom. The van der Waals surface area contributed by atoms with Crippen molar-refractivity contribution in [2.24, 2.45) is 0 Å². The standard InChI is InChI=1S/C25H22ClFN6O4/c26-17-11-13(23(34)30-20-8-10-37-24(20)35)12-29-22(17)32-33-25(36)31-21-15-3-1-5-18(27)14(15)6-7-19-16(21)4-2-9-28-19/h1-5,9,11-12,20-21H,6-8,10H2,(H,29,32)(H,30,34)(H2,31,33,36)/p+1. The quantitative estimate of drug-likeness (QED) is 0.229. The number of benzene rings is 1. The van der Waals surface area contributed by atoms with E-state index in [0.717, 1.165) is 11.3 Å². The Bertz CT molecular complexity index is 1390. The third-order valence-electron chi connectivity index (χ3n) is 6.25. The highest BCUT2D eigenvalue weighted by molar-refractivity contribution is 6.33. The SMILES string of the molecule is O=C(NNc1ncc(C(=O)NC2CCOC2=[OH+])cc1Cl)NC1c2cccnc2CCc2c(F)cccc21. The van der Waals surface area contributed by atoms with Gasteiger partial charge < -0.3 is 20.2 Å². The molecule has 1 saturated heterocycles. The minimum atomic E-state index is -0.624. The van der Waals surface area contributed by atoms with E-state index in [1.807, 2.05) is 6.07 Å². The third-order valence-corrected chi connectivity index (χ3v) is 6.54. The molecule has 12 heteroatoms. The molecule has 5 N–H and O–H groups in total. The molecular formula is C25H23ClFN6O4+. The smallest absolute Gasteiger partial charge is 0.337 e. The predicted octanol–water partition coefficient (Wildman–Crippen LogP) is 2.80. The summed E-state index contributed by atoms with van der Waals surface area (Å²) in [7, 11) is 0. The summed E-state index contributed by atoms with van der Waals surface area (Å²) in [4.78, 5) is 43.4. The molecule has 0 bridgehead atoms. The summed E-state index contributed by atoms with van der Waals surface area (Å²) in [5.74, 6) is -0.941. The van der Waals surface area contributed by atoms with Gasteiger partial charge in [0.25, 0.3) is 5.91 Å². The molecule has 1 aliphatic heterocycles. The van der Waals surface area contributed by atoms with Crippen LogP contribution in [0.3, 0.4) is 0 Å². The third kappa shape index (κ3) is 5.17. The van der Waals surface area contributed by atoms with Gasteiger partial charge >= 0.3 is 12.0 Å². The van der Waals surface area contributed by atoms with Crippen molar-refractivity contribution in [3.8, 4) is 0 Å². The van der Waals surface area contributed by atoms with Crippen molar-refractivity contribution in [1.29, 1.82) is 0 Å². The summed E-state index contributed by atoms with van der Waals surface area (Å²) < 4.78 is 19.5. The summed E-state index contributed by atoms with van der Waals surface area (Å²) in [6.07, 6.45) is 4.42. The topological polar surface area (TPSA) is 139 Å². The molecule has 5 rings (SSSR count). The molecular weight excluding hydrogens is 503 g/mol. The van der Waals surface area contributed by atoms with Crippen molar-refractivity contribution >= 4 is 35.3 Å². The number of aryl methyl sites for hydroxylation is 1. The van der Waals surface area contributed by atoms with Gasteiger partial charge in [-0.1, -0.05) is 29.8 Å². The maximum atomic E-state index is 14.6. The number of hydrazine groups is 1. The minimum Gasteiger partial charge on any atom is -0.337 e. The number of amides is 3. The van der Waals surface area contributed by atoms with Crippen LogP contribution in [0.25, 0.3) is 0 Å². The molecule has 3 aromatic rings. The lowest BCUT2D eigenvalue weighted by atomic mass is 9.96. The van der Waals surface area contributed by atoms with Crippen LogP contribution < -0.4 is 21.5 Å². The summed E-state index contributed by atoms with van der Waals surface area (Å²) in [5, 5.41) is 5.58. The van der Waals surface area contributed by atoms with Gasteiger partial charge in [-0.15, -0.1) is 0 Å². The van der Waals surface area contributed by atoms with Crippen LogP contribution in [0.2, 0.25) is 5.02 Å². The number of anilines is 1. The second-order valence-electron chi connectivity index (χ2n) is 8.56. The van der Waals surface area contributed by atoms with Crippen LogP contribution >= 0.6 is 11.6 Å². The molecule has 0 saturated carbocycles. The van der Waals surface area contributed by atoms with E-state index in [-0.39, 0.29) is 28.2 Å². The van der Waals surface area contributed by atoms with Crippen molar-refractivity contribution in [3.63, 3.8) is 0 Å². The molecule has 2 aromatic heterocycles. The van der Waals surface area contributed by atoms with Gasteiger partial charge in [0.15, 0.2) is 18.5 Å². The number of esters is 1. The molecule has 3 heterocycles. The lowest BCUT2D eigenvalue weighted by molar-refractivity contribution is 0.0945. The monoisotopic (exact) mass is 525 g/mol. The lowest BCUT2D eigenvalue weighted by Crippen LogP contribution is -2.42. The number of ether oxygens (including phenoxy) is 1. The molecule has 2 unspecified atom stereocenters. The Kier molecular flexibility index (Phi) is 6.87. The molecule has 1 aromatic carbocycles. The number of nitrogens with zero attached hydrogens (tertiary/aromatic N) is 2. The highest BCUT2D eigenvalue weighted by Gasteiger charge is 2.36. The first-order valence-corrected chi connectivity index (χ1v) is 12.0. The molecule has 3 amide bonds. The molecule has 10 nitrogen and oxygen atoms in total. The van der Waals surface area contributed by atoms with Crippen molar-refractivity contribution in [1.82, 2.24) is 26.0 Å². The van der Waals surface area contributed by atoms with Crippen molar-refractivity contribution < 1.29 is 23.5 Å². The maximum absolute atomic E-state index is 14.6. The summed E-state index contributed by atoms with van der Waals surface area (Å²) in [6.45, 7) is 0.315. The number of aromatic nitrogens is 2. The van der Waals surface area contributed by atoms with Gasteiger partial charge in [0.2, 0.25) is 0 Å². The highest BCUT2D eigenvalue weighted by atomic mass is 35.5. The van der Waals surface area contributed by atoms with E-state index < -0.39 is 24.0 Å². The van der Waals surface area contributed by atoms with E-state index in [0.29, 0.717) is 37.0 Å².